The summed E-state index contributed by atoms with van der Waals surface area (Å²) >= 11 is 0. The molecule has 0 aliphatic heterocycles. The number of ether oxygens (including phenoxy) is 2. The standard InChI is InChI=1S/C26H31NO5/c1-19-15-21(16-20(2)24(19)32-26(3,4)25(28)29)17-27(18-23-11-8-13-30-23)12-14-31-22-9-6-5-7-10-22/h5-11,13,15-16H,12,14,17-18H2,1-4H3,(H,28,29). The quantitative estimate of drug-likeness (QED) is 0.443. The minimum atomic E-state index is -1.29. The number of benzene rings is 2. The van der Waals surface area contributed by atoms with E-state index in [-0.39, 0.29) is 0 Å². The Morgan fingerprint density at radius 1 is 1.03 bits per heavy atom. The van der Waals surface area contributed by atoms with Crippen LogP contribution in [-0.2, 0) is 17.9 Å². The van der Waals surface area contributed by atoms with Crippen LogP contribution in [0.15, 0.2) is 65.3 Å². The van der Waals surface area contributed by atoms with Gasteiger partial charge in [0.2, 0.25) is 0 Å². The van der Waals surface area contributed by atoms with E-state index >= 15 is 0 Å². The van der Waals surface area contributed by atoms with Gasteiger partial charge in [-0.2, -0.15) is 0 Å². The number of rotatable bonds is 11. The van der Waals surface area contributed by atoms with Crippen LogP contribution in [0, 0.1) is 13.8 Å². The van der Waals surface area contributed by atoms with Gasteiger partial charge in [0.15, 0.2) is 5.60 Å². The molecule has 6 nitrogen and oxygen atoms in total. The van der Waals surface area contributed by atoms with Gasteiger partial charge in [-0.05, 0) is 68.7 Å². The molecule has 0 bridgehead atoms. The molecule has 0 aliphatic rings. The van der Waals surface area contributed by atoms with E-state index in [0.717, 1.165) is 34.7 Å². The molecule has 0 radical (unpaired) electrons. The van der Waals surface area contributed by atoms with Crippen LogP contribution in [0.5, 0.6) is 11.5 Å². The van der Waals surface area contributed by atoms with Crippen molar-refractivity contribution in [1.82, 2.24) is 4.90 Å². The average Bonchev–Trinajstić information content (AvgIpc) is 3.24. The fraction of sp³-hybridized carbons (Fsp3) is 0.346. The van der Waals surface area contributed by atoms with Crippen LogP contribution in [0.4, 0.5) is 0 Å². The molecule has 0 fully saturated rings. The van der Waals surface area contributed by atoms with Gasteiger partial charge in [0.05, 0.1) is 12.8 Å². The maximum absolute atomic E-state index is 11.5. The Balaban J connectivity index is 1.72. The molecule has 32 heavy (non-hydrogen) atoms. The molecule has 3 aromatic rings. The summed E-state index contributed by atoms with van der Waals surface area (Å²) in [7, 11) is 0. The molecule has 170 valence electrons. The van der Waals surface area contributed by atoms with Gasteiger partial charge in [0.1, 0.15) is 23.9 Å². The van der Waals surface area contributed by atoms with Gasteiger partial charge in [-0.25, -0.2) is 4.79 Å². The number of hydrogen-bond donors (Lipinski definition) is 1. The first-order chi connectivity index (χ1) is 15.2. The highest BCUT2D eigenvalue weighted by Gasteiger charge is 2.30. The lowest BCUT2D eigenvalue weighted by molar-refractivity contribution is -0.152. The topological polar surface area (TPSA) is 72.1 Å². The van der Waals surface area contributed by atoms with E-state index < -0.39 is 11.6 Å². The van der Waals surface area contributed by atoms with Gasteiger partial charge >= 0.3 is 5.97 Å². The largest absolute Gasteiger partial charge is 0.492 e. The first-order valence-corrected chi connectivity index (χ1v) is 10.7. The fourth-order valence-corrected chi connectivity index (χ4v) is 3.50. The second-order valence-electron chi connectivity index (χ2n) is 8.43. The van der Waals surface area contributed by atoms with Gasteiger partial charge in [0, 0.05) is 13.1 Å². The lowest BCUT2D eigenvalue weighted by Crippen LogP contribution is -2.38. The monoisotopic (exact) mass is 437 g/mol. The second kappa shape index (κ2) is 10.4. The second-order valence-corrected chi connectivity index (χ2v) is 8.43. The third-order valence-corrected chi connectivity index (χ3v) is 5.18. The molecule has 0 spiro atoms. The highest BCUT2D eigenvalue weighted by molar-refractivity contribution is 5.77. The van der Waals surface area contributed by atoms with E-state index in [1.165, 1.54) is 0 Å². The lowest BCUT2D eigenvalue weighted by atomic mass is 10.0. The lowest BCUT2D eigenvalue weighted by Gasteiger charge is -2.26. The summed E-state index contributed by atoms with van der Waals surface area (Å²) in [6.07, 6.45) is 1.68. The zero-order valence-corrected chi connectivity index (χ0v) is 19.1. The van der Waals surface area contributed by atoms with Crippen LogP contribution in [-0.4, -0.2) is 34.7 Å². The normalized spacial score (nSPS) is 11.5. The number of furan rings is 1. The van der Waals surface area contributed by atoms with Gasteiger partial charge in [0.25, 0.3) is 0 Å². The van der Waals surface area contributed by atoms with Crippen LogP contribution < -0.4 is 9.47 Å². The molecule has 1 heterocycles. The molecule has 0 unspecified atom stereocenters. The predicted octanol–water partition coefficient (Wildman–Crippen LogP) is 5.22. The Morgan fingerprint density at radius 2 is 1.72 bits per heavy atom. The molecule has 3 rings (SSSR count). The number of aryl methyl sites for hydroxylation is 2. The van der Waals surface area contributed by atoms with Gasteiger partial charge in [-0.3, -0.25) is 4.90 Å². The summed E-state index contributed by atoms with van der Waals surface area (Å²) in [5.74, 6) is 1.36. The van der Waals surface area contributed by atoms with Crippen molar-refractivity contribution in [2.24, 2.45) is 0 Å². The third-order valence-electron chi connectivity index (χ3n) is 5.18. The highest BCUT2D eigenvalue weighted by atomic mass is 16.5. The van der Waals surface area contributed by atoms with E-state index in [1.807, 2.05) is 68.4 Å². The molecule has 1 aromatic heterocycles. The molecule has 0 amide bonds. The van der Waals surface area contributed by atoms with E-state index in [2.05, 4.69) is 4.90 Å². The van der Waals surface area contributed by atoms with E-state index in [1.54, 1.807) is 20.1 Å². The van der Waals surface area contributed by atoms with Crippen molar-refractivity contribution in [1.29, 1.82) is 0 Å². The number of hydrogen-bond acceptors (Lipinski definition) is 5. The Morgan fingerprint density at radius 3 is 2.31 bits per heavy atom. The summed E-state index contributed by atoms with van der Waals surface area (Å²) in [5, 5.41) is 9.39. The minimum absolute atomic E-state index is 0.552. The van der Waals surface area contributed by atoms with E-state index in [4.69, 9.17) is 13.9 Å². The molecule has 0 saturated carbocycles. The molecular weight excluding hydrogens is 406 g/mol. The maximum atomic E-state index is 11.5. The van der Waals surface area contributed by atoms with Gasteiger partial charge < -0.3 is 19.0 Å². The predicted molar refractivity (Wildman–Crippen MR) is 123 cm³/mol. The molecule has 2 aromatic carbocycles. The maximum Gasteiger partial charge on any atom is 0.347 e. The fourth-order valence-electron chi connectivity index (χ4n) is 3.50. The molecule has 0 atom stereocenters. The average molecular weight is 438 g/mol. The number of nitrogens with zero attached hydrogens (tertiary/aromatic N) is 1. The van der Waals surface area contributed by atoms with Gasteiger partial charge in [-0.15, -0.1) is 0 Å². The van der Waals surface area contributed by atoms with E-state index in [9.17, 15) is 9.90 Å². The Hall–Kier alpha value is -3.25. The minimum Gasteiger partial charge on any atom is -0.492 e. The number of carbonyl (C=O) groups is 1. The Bertz CT molecular complexity index is 989. The smallest absolute Gasteiger partial charge is 0.347 e. The van der Waals surface area contributed by atoms with Crippen molar-refractivity contribution in [3.8, 4) is 11.5 Å². The van der Waals surface area contributed by atoms with Crippen LogP contribution in [0.2, 0.25) is 0 Å². The zero-order chi connectivity index (χ0) is 23.1. The summed E-state index contributed by atoms with van der Waals surface area (Å²) < 4.78 is 17.3. The van der Waals surface area contributed by atoms with Crippen LogP contribution >= 0.6 is 0 Å². The molecule has 6 heteroatoms. The number of aliphatic carboxylic acids is 1. The zero-order valence-electron chi connectivity index (χ0n) is 19.1. The molecule has 1 N–H and O–H groups in total. The Kier molecular flexibility index (Phi) is 7.59. The van der Waals surface area contributed by atoms with Crippen LogP contribution in [0.3, 0.4) is 0 Å². The Labute approximate surface area is 189 Å². The summed E-state index contributed by atoms with van der Waals surface area (Å²) in [5.41, 5.74) is 1.64. The summed E-state index contributed by atoms with van der Waals surface area (Å²) in [4.78, 5) is 13.7. The molecular formula is C26H31NO5. The highest BCUT2D eigenvalue weighted by Crippen LogP contribution is 2.29. The molecule has 0 saturated heterocycles. The van der Waals surface area contributed by atoms with Crippen molar-refractivity contribution < 1.29 is 23.8 Å². The SMILES string of the molecule is Cc1cc(CN(CCOc2ccccc2)Cc2ccco2)cc(C)c1OC(C)(C)C(=O)O. The van der Waals surface area contributed by atoms with Crippen molar-refractivity contribution in [2.45, 2.75) is 46.4 Å². The van der Waals surface area contributed by atoms with Crippen LogP contribution in [0.1, 0.15) is 36.3 Å². The van der Waals surface area contributed by atoms with E-state index in [0.29, 0.717) is 25.4 Å². The molecule has 0 aliphatic carbocycles. The van der Waals surface area contributed by atoms with Crippen molar-refractivity contribution >= 4 is 5.97 Å². The number of para-hydroxylation sites is 1. The van der Waals surface area contributed by atoms with Crippen molar-refractivity contribution in [3.63, 3.8) is 0 Å². The number of carboxylic acids is 1. The van der Waals surface area contributed by atoms with Crippen molar-refractivity contribution in [2.75, 3.05) is 13.2 Å². The van der Waals surface area contributed by atoms with Crippen molar-refractivity contribution in [3.05, 3.63) is 83.3 Å². The van der Waals surface area contributed by atoms with Crippen LogP contribution in [0.25, 0.3) is 0 Å². The van der Waals surface area contributed by atoms with Gasteiger partial charge in [-0.1, -0.05) is 30.3 Å². The summed E-state index contributed by atoms with van der Waals surface area (Å²) in [6.45, 7) is 9.63. The first kappa shape index (κ1) is 23.4. The third kappa shape index (κ3) is 6.37. The first-order valence-electron chi connectivity index (χ1n) is 10.7. The summed E-state index contributed by atoms with van der Waals surface area (Å²) in [6, 6.07) is 17.7. The number of carboxylic acid groups (broad SMARTS) is 1.